The van der Waals surface area contributed by atoms with Gasteiger partial charge in [0.2, 0.25) is 12.2 Å². The standard InChI is InChI=1S/C26H12N2O2/c29-13-27-22-12-21-16-7-2-4-9-19(16)24(21)26(28-14-30)25(22)20-11-5-10-18-15-6-1-3-8-17(15)23(18)20/h1-12H. The van der Waals surface area contributed by atoms with E-state index in [1.807, 2.05) is 54.6 Å². The third kappa shape index (κ3) is 2.01. The van der Waals surface area contributed by atoms with Crippen LogP contribution < -0.4 is 0 Å². The fourth-order valence-corrected chi connectivity index (χ4v) is 4.72. The van der Waals surface area contributed by atoms with Crippen molar-refractivity contribution in [2.45, 2.75) is 0 Å². The summed E-state index contributed by atoms with van der Waals surface area (Å²) in [5.41, 5.74) is 10.9. The van der Waals surface area contributed by atoms with E-state index >= 15 is 0 Å². The van der Waals surface area contributed by atoms with Gasteiger partial charge in [-0.1, -0.05) is 66.7 Å². The largest absolute Gasteiger partial charge is 0.240 e. The van der Waals surface area contributed by atoms with Crippen LogP contribution in [0.5, 0.6) is 0 Å². The second kappa shape index (κ2) is 6.07. The van der Waals surface area contributed by atoms with Gasteiger partial charge in [-0.05, 0) is 50.6 Å². The first-order valence-corrected chi connectivity index (χ1v) is 9.53. The summed E-state index contributed by atoms with van der Waals surface area (Å²) in [6, 6.07) is 24.0. The Hall–Kier alpha value is -4.36. The van der Waals surface area contributed by atoms with Gasteiger partial charge in [0.05, 0.1) is 11.4 Å². The van der Waals surface area contributed by atoms with Gasteiger partial charge in [0, 0.05) is 11.1 Å². The zero-order valence-electron chi connectivity index (χ0n) is 15.6. The van der Waals surface area contributed by atoms with Crippen LogP contribution >= 0.6 is 0 Å². The van der Waals surface area contributed by atoms with Crippen molar-refractivity contribution in [3.63, 3.8) is 0 Å². The van der Waals surface area contributed by atoms with Crippen LogP contribution in [0, 0.1) is 0 Å². The molecule has 30 heavy (non-hydrogen) atoms. The molecule has 2 aliphatic carbocycles. The van der Waals surface area contributed by atoms with Crippen LogP contribution in [-0.4, -0.2) is 12.2 Å². The fraction of sp³-hybridized carbons (Fsp3) is 0. The Balaban J connectivity index is 1.71. The number of aliphatic imine (C=N–C) groups is 2. The highest BCUT2D eigenvalue weighted by molar-refractivity contribution is 6.17. The zero-order valence-corrected chi connectivity index (χ0v) is 15.6. The monoisotopic (exact) mass is 384 g/mol. The summed E-state index contributed by atoms with van der Waals surface area (Å²) in [4.78, 5) is 30.7. The Kier molecular flexibility index (Phi) is 3.35. The molecule has 4 heteroatoms. The molecule has 138 valence electrons. The maximum absolute atomic E-state index is 11.4. The Bertz CT molecular complexity index is 1500. The van der Waals surface area contributed by atoms with Gasteiger partial charge in [0.25, 0.3) is 0 Å². The normalized spacial score (nSPS) is 11.3. The predicted octanol–water partition coefficient (Wildman–Crippen LogP) is 6.58. The minimum Gasteiger partial charge on any atom is -0.211 e. The summed E-state index contributed by atoms with van der Waals surface area (Å²) in [7, 11) is 0. The molecule has 0 aliphatic heterocycles. The molecular weight excluding hydrogens is 372 g/mol. The smallest absolute Gasteiger partial charge is 0.211 e. The number of hydrogen-bond acceptors (Lipinski definition) is 4. The minimum absolute atomic E-state index is 0.449. The van der Waals surface area contributed by atoms with Gasteiger partial charge in [-0.15, -0.1) is 0 Å². The molecule has 4 aromatic carbocycles. The molecule has 0 atom stereocenters. The topological polar surface area (TPSA) is 58.9 Å². The summed E-state index contributed by atoms with van der Waals surface area (Å²) in [6.45, 7) is 0. The number of rotatable bonds is 3. The van der Waals surface area contributed by atoms with Gasteiger partial charge in [-0.2, -0.15) is 9.98 Å². The van der Waals surface area contributed by atoms with Crippen LogP contribution in [0.3, 0.4) is 0 Å². The summed E-state index contributed by atoms with van der Waals surface area (Å²) in [5.74, 6) is 0. The SMILES string of the molecule is O=C=Nc1cc2c(c(N=C=O)c1-c1cccc3c1-c1ccccc1-3)-c1ccccc1-2. The quantitative estimate of drug-likeness (QED) is 0.255. The predicted molar refractivity (Wildman–Crippen MR) is 116 cm³/mol. The molecule has 0 bridgehead atoms. The van der Waals surface area contributed by atoms with Gasteiger partial charge >= 0.3 is 0 Å². The molecule has 0 heterocycles. The van der Waals surface area contributed by atoms with Crippen LogP contribution in [0.25, 0.3) is 55.6 Å². The molecule has 0 amide bonds. The summed E-state index contributed by atoms with van der Waals surface area (Å²) >= 11 is 0. The first kappa shape index (κ1) is 16.6. The van der Waals surface area contributed by atoms with E-state index in [0.29, 0.717) is 16.9 Å². The first-order chi connectivity index (χ1) is 14.8. The number of carbonyl (C=O) groups excluding carboxylic acids is 2. The highest BCUT2D eigenvalue weighted by atomic mass is 16.1. The molecule has 4 nitrogen and oxygen atoms in total. The highest BCUT2D eigenvalue weighted by Gasteiger charge is 2.33. The maximum Gasteiger partial charge on any atom is 0.240 e. The van der Waals surface area contributed by atoms with E-state index in [0.717, 1.165) is 44.5 Å². The van der Waals surface area contributed by atoms with Crippen LogP contribution in [0.15, 0.2) is 82.8 Å². The number of hydrogen-bond donors (Lipinski definition) is 0. The van der Waals surface area contributed by atoms with Gasteiger partial charge in [0.1, 0.15) is 0 Å². The van der Waals surface area contributed by atoms with E-state index in [2.05, 4.69) is 28.2 Å². The van der Waals surface area contributed by atoms with Crippen molar-refractivity contribution in [2.75, 3.05) is 0 Å². The molecule has 0 saturated heterocycles. The number of benzene rings is 4. The summed E-state index contributed by atoms with van der Waals surface area (Å²) < 4.78 is 0. The van der Waals surface area contributed by atoms with E-state index < -0.39 is 0 Å². The van der Waals surface area contributed by atoms with Crippen LogP contribution in [0.1, 0.15) is 0 Å². The molecule has 0 saturated carbocycles. The molecule has 6 rings (SSSR count). The lowest BCUT2D eigenvalue weighted by Crippen LogP contribution is -2.03. The average molecular weight is 384 g/mol. The lowest BCUT2D eigenvalue weighted by molar-refractivity contribution is 0.565. The van der Waals surface area contributed by atoms with E-state index in [1.54, 1.807) is 12.2 Å². The minimum atomic E-state index is 0.449. The van der Waals surface area contributed by atoms with Crippen molar-refractivity contribution in [3.05, 3.63) is 72.8 Å². The van der Waals surface area contributed by atoms with Crippen molar-refractivity contribution >= 4 is 23.5 Å². The maximum atomic E-state index is 11.4. The Morgan fingerprint density at radius 3 is 1.77 bits per heavy atom. The van der Waals surface area contributed by atoms with Crippen LogP contribution in [-0.2, 0) is 9.59 Å². The van der Waals surface area contributed by atoms with Gasteiger partial charge < -0.3 is 0 Å². The van der Waals surface area contributed by atoms with Crippen LogP contribution in [0.2, 0.25) is 0 Å². The third-order valence-electron chi connectivity index (χ3n) is 5.91. The molecule has 0 N–H and O–H groups in total. The highest BCUT2D eigenvalue weighted by Crippen LogP contribution is 2.60. The lowest BCUT2D eigenvalue weighted by atomic mass is 9.73. The first-order valence-electron chi connectivity index (χ1n) is 9.53. The third-order valence-corrected chi connectivity index (χ3v) is 5.91. The van der Waals surface area contributed by atoms with Crippen molar-refractivity contribution in [1.82, 2.24) is 0 Å². The van der Waals surface area contributed by atoms with Gasteiger partial charge in [-0.25, -0.2) is 9.59 Å². The fourth-order valence-electron chi connectivity index (χ4n) is 4.72. The van der Waals surface area contributed by atoms with Crippen LogP contribution in [0.4, 0.5) is 11.4 Å². The molecule has 0 radical (unpaired) electrons. The van der Waals surface area contributed by atoms with Crippen molar-refractivity contribution < 1.29 is 9.59 Å². The number of fused-ring (bicyclic) bond motifs is 8. The Morgan fingerprint density at radius 2 is 1.07 bits per heavy atom. The second-order valence-electron chi connectivity index (χ2n) is 7.27. The second-order valence-corrected chi connectivity index (χ2v) is 7.27. The van der Waals surface area contributed by atoms with E-state index in [-0.39, 0.29) is 0 Å². The molecular formula is C26H12N2O2. The van der Waals surface area contributed by atoms with Crippen molar-refractivity contribution in [2.24, 2.45) is 9.98 Å². The van der Waals surface area contributed by atoms with Crippen molar-refractivity contribution in [3.8, 4) is 55.6 Å². The van der Waals surface area contributed by atoms with E-state index in [1.165, 1.54) is 5.56 Å². The van der Waals surface area contributed by atoms with Crippen molar-refractivity contribution in [1.29, 1.82) is 0 Å². The van der Waals surface area contributed by atoms with E-state index in [9.17, 15) is 9.59 Å². The molecule has 0 unspecified atom stereocenters. The van der Waals surface area contributed by atoms with Gasteiger partial charge in [-0.3, -0.25) is 0 Å². The Labute approximate surface area is 171 Å². The molecule has 0 spiro atoms. The average Bonchev–Trinajstić information content (AvgIpc) is 2.76. The summed E-state index contributed by atoms with van der Waals surface area (Å²) in [6.07, 6.45) is 3.37. The molecule has 0 aromatic heterocycles. The lowest BCUT2D eigenvalue weighted by Gasteiger charge is -2.30. The zero-order chi connectivity index (χ0) is 20.2. The number of isocyanates is 2. The number of nitrogens with zero attached hydrogens (tertiary/aromatic N) is 2. The molecule has 0 fully saturated rings. The van der Waals surface area contributed by atoms with Gasteiger partial charge in [0.15, 0.2) is 0 Å². The summed E-state index contributed by atoms with van der Waals surface area (Å²) in [5, 5.41) is 0. The molecule has 2 aliphatic rings. The Morgan fingerprint density at radius 1 is 0.500 bits per heavy atom. The van der Waals surface area contributed by atoms with E-state index in [4.69, 9.17) is 0 Å². The molecule has 4 aromatic rings.